The van der Waals surface area contributed by atoms with E-state index in [-0.39, 0.29) is 0 Å². The minimum absolute atomic E-state index is 0.602. The van der Waals surface area contributed by atoms with E-state index >= 15 is 0 Å². The molecule has 0 radical (unpaired) electrons. The van der Waals surface area contributed by atoms with Gasteiger partial charge in [0.2, 0.25) is 0 Å². The van der Waals surface area contributed by atoms with Crippen molar-refractivity contribution >= 4 is 11.0 Å². The smallest absolute Gasteiger partial charge is 0.255 e. The Morgan fingerprint density at radius 2 is 1.70 bits per heavy atom. The summed E-state index contributed by atoms with van der Waals surface area (Å²) in [6.07, 6.45) is 1.71. The zero-order chi connectivity index (χ0) is 14.1. The molecule has 0 aliphatic heterocycles. The maximum Gasteiger partial charge on any atom is 0.255 e. The van der Waals surface area contributed by atoms with Gasteiger partial charge in [0.15, 0.2) is 0 Å². The molecular weight excluding hydrogens is 250 g/mol. The molecule has 20 heavy (non-hydrogen) atoms. The minimum atomic E-state index is 0.602. The van der Waals surface area contributed by atoms with Gasteiger partial charge in [0.05, 0.1) is 22.4 Å². The molecule has 0 N–H and O–H groups in total. The third-order valence-corrected chi connectivity index (χ3v) is 3.43. The molecule has 2 aromatic heterocycles. The van der Waals surface area contributed by atoms with E-state index in [4.69, 9.17) is 0 Å². The van der Waals surface area contributed by atoms with Crippen LogP contribution in [0.25, 0.3) is 17.0 Å². The van der Waals surface area contributed by atoms with Crippen LogP contribution in [-0.4, -0.2) is 24.7 Å². The standard InChI is InChI=1S/C15H17N5/c1-4-11-12(5-2)18-19-15(17-11)20-10(3)16-13-8-6-7-9-14(13)20/h6-9H,4-5H2,1-3H3. The molecule has 3 aromatic rings. The highest BCUT2D eigenvalue weighted by Crippen LogP contribution is 2.19. The van der Waals surface area contributed by atoms with E-state index in [1.807, 2.05) is 35.8 Å². The van der Waals surface area contributed by atoms with Crippen molar-refractivity contribution in [1.29, 1.82) is 0 Å². The number of imidazole rings is 1. The summed E-state index contributed by atoms with van der Waals surface area (Å²) >= 11 is 0. The Labute approximate surface area is 117 Å². The van der Waals surface area contributed by atoms with Crippen molar-refractivity contribution in [2.24, 2.45) is 0 Å². The van der Waals surface area contributed by atoms with Gasteiger partial charge in [-0.3, -0.25) is 4.57 Å². The van der Waals surface area contributed by atoms with Gasteiger partial charge in [0.25, 0.3) is 5.95 Å². The third kappa shape index (κ3) is 1.95. The zero-order valence-electron chi connectivity index (χ0n) is 12.0. The maximum atomic E-state index is 4.66. The summed E-state index contributed by atoms with van der Waals surface area (Å²) in [6, 6.07) is 8.00. The van der Waals surface area contributed by atoms with Gasteiger partial charge in [-0.15, -0.1) is 10.2 Å². The van der Waals surface area contributed by atoms with Crippen LogP contribution >= 0.6 is 0 Å². The van der Waals surface area contributed by atoms with Crippen molar-refractivity contribution in [3.63, 3.8) is 0 Å². The number of hydrogen-bond acceptors (Lipinski definition) is 4. The number of aromatic nitrogens is 5. The zero-order valence-corrected chi connectivity index (χ0v) is 12.0. The predicted molar refractivity (Wildman–Crippen MR) is 77.9 cm³/mol. The second-order valence-corrected chi connectivity index (χ2v) is 4.70. The fourth-order valence-electron chi connectivity index (χ4n) is 2.42. The largest absolute Gasteiger partial charge is 0.263 e. The van der Waals surface area contributed by atoms with E-state index in [2.05, 4.69) is 34.0 Å². The van der Waals surface area contributed by atoms with Crippen molar-refractivity contribution in [3.05, 3.63) is 41.5 Å². The molecular formula is C15H17N5. The summed E-state index contributed by atoms with van der Waals surface area (Å²) in [5, 5.41) is 8.58. The van der Waals surface area contributed by atoms with E-state index < -0.39 is 0 Å². The topological polar surface area (TPSA) is 56.5 Å². The van der Waals surface area contributed by atoms with Crippen molar-refractivity contribution in [2.45, 2.75) is 33.6 Å². The van der Waals surface area contributed by atoms with Crippen molar-refractivity contribution < 1.29 is 0 Å². The lowest BCUT2D eigenvalue weighted by Gasteiger charge is -2.08. The lowest BCUT2D eigenvalue weighted by molar-refractivity contribution is 0.770. The van der Waals surface area contributed by atoms with Crippen molar-refractivity contribution in [1.82, 2.24) is 24.7 Å². The number of nitrogens with zero attached hydrogens (tertiary/aromatic N) is 5. The molecule has 3 rings (SSSR count). The van der Waals surface area contributed by atoms with E-state index in [1.165, 1.54) is 0 Å². The Morgan fingerprint density at radius 1 is 0.950 bits per heavy atom. The van der Waals surface area contributed by atoms with Crippen LogP contribution in [0.4, 0.5) is 0 Å². The maximum absolute atomic E-state index is 4.66. The average Bonchev–Trinajstić information content (AvgIpc) is 2.82. The molecule has 0 fully saturated rings. The van der Waals surface area contributed by atoms with E-state index in [0.717, 1.165) is 41.1 Å². The molecule has 2 heterocycles. The van der Waals surface area contributed by atoms with E-state index in [0.29, 0.717) is 5.95 Å². The molecule has 0 aliphatic carbocycles. The van der Waals surface area contributed by atoms with Gasteiger partial charge in [-0.05, 0) is 31.9 Å². The lowest BCUT2D eigenvalue weighted by atomic mass is 10.2. The van der Waals surface area contributed by atoms with Crippen LogP contribution in [0.3, 0.4) is 0 Å². The number of para-hydroxylation sites is 2. The van der Waals surface area contributed by atoms with E-state index in [9.17, 15) is 0 Å². The summed E-state index contributed by atoms with van der Waals surface area (Å²) in [5.74, 6) is 1.48. The van der Waals surface area contributed by atoms with Gasteiger partial charge < -0.3 is 0 Å². The molecule has 102 valence electrons. The summed E-state index contributed by atoms with van der Waals surface area (Å²) in [4.78, 5) is 9.21. The van der Waals surface area contributed by atoms with Gasteiger partial charge in [-0.25, -0.2) is 9.97 Å². The molecule has 0 unspecified atom stereocenters. The fourth-order valence-corrected chi connectivity index (χ4v) is 2.42. The minimum Gasteiger partial charge on any atom is -0.263 e. The van der Waals surface area contributed by atoms with Gasteiger partial charge in [-0.2, -0.15) is 0 Å². The first-order chi connectivity index (χ1) is 9.74. The highest BCUT2D eigenvalue weighted by atomic mass is 15.3. The highest BCUT2D eigenvalue weighted by Gasteiger charge is 2.13. The fraction of sp³-hybridized carbons (Fsp3) is 0.333. The van der Waals surface area contributed by atoms with Gasteiger partial charge in [0, 0.05) is 0 Å². The second-order valence-electron chi connectivity index (χ2n) is 4.70. The van der Waals surface area contributed by atoms with Gasteiger partial charge in [-0.1, -0.05) is 26.0 Å². The molecule has 0 saturated heterocycles. The van der Waals surface area contributed by atoms with Crippen LogP contribution in [0.15, 0.2) is 24.3 Å². The first kappa shape index (κ1) is 12.7. The molecule has 0 aliphatic rings. The van der Waals surface area contributed by atoms with Crippen LogP contribution in [0.1, 0.15) is 31.1 Å². The lowest BCUT2D eigenvalue weighted by Crippen LogP contribution is -2.10. The van der Waals surface area contributed by atoms with E-state index in [1.54, 1.807) is 0 Å². The van der Waals surface area contributed by atoms with Crippen LogP contribution in [0.2, 0.25) is 0 Å². The first-order valence-corrected chi connectivity index (χ1v) is 6.91. The van der Waals surface area contributed by atoms with Crippen LogP contribution in [-0.2, 0) is 12.8 Å². The van der Waals surface area contributed by atoms with Crippen LogP contribution < -0.4 is 0 Å². The Kier molecular flexibility index (Phi) is 3.18. The summed E-state index contributed by atoms with van der Waals surface area (Å²) in [5.41, 5.74) is 3.94. The molecule has 5 heteroatoms. The van der Waals surface area contributed by atoms with Crippen LogP contribution in [0.5, 0.6) is 0 Å². The molecule has 0 spiro atoms. The summed E-state index contributed by atoms with van der Waals surface area (Å²) in [6.45, 7) is 6.12. The van der Waals surface area contributed by atoms with Gasteiger partial charge >= 0.3 is 0 Å². The van der Waals surface area contributed by atoms with Crippen LogP contribution in [0, 0.1) is 6.92 Å². The Bertz CT molecular complexity index is 760. The Hall–Kier alpha value is -2.30. The molecule has 0 amide bonds. The predicted octanol–water partition coefficient (Wildman–Crippen LogP) is 2.64. The van der Waals surface area contributed by atoms with Crippen molar-refractivity contribution in [2.75, 3.05) is 0 Å². The highest BCUT2D eigenvalue weighted by molar-refractivity contribution is 5.77. The molecule has 1 aromatic carbocycles. The summed E-state index contributed by atoms with van der Waals surface area (Å²) < 4.78 is 1.96. The third-order valence-electron chi connectivity index (χ3n) is 3.43. The SMILES string of the molecule is CCc1nnc(-n2c(C)nc3ccccc32)nc1CC. The number of rotatable bonds is 3. The average molecular weight is 267 g/mol. The number of hydrogen-bond donors (Lipinski definition) is 0. The molecule has 0 atom stereocenters. The first-order valence-electron chi connectivity index (χ1n) is 6.91. The van der Waals surface area contributed by atoms with Crippen molar-refractivity contribution in [3.8, 4) is 5.95 Å². The number of aryl methyl sites for hydroxylation is 3. The summed E-state index contributed by atoms with van der Waals surface area (Å²) in [7, 11) is 0. The molecule has 0 bridgehead atoms. The Balaban J connectivity index is 2.23. The number of benzene rings is 1. The second kappa shape index (κ2) is 5.00. The monoisotopic (exact) mass is 267 g/mol. The normalized spacial score (nSPS) is 11.2. The quantitative estimate of drug-likeness (QED) is 0.732. The van der Waals surface area contributed by atoms with Gasteiger partial charge in [0.1, 0.15) is 5.82 Å². The molecule has 5 nitrogen and oxygen atoms in total. The number of fused-ring (bicyclic) bond motifs is 1. The Morgan fingerprint density at radius 3 is 2.45 bits per heavy atom. The molecule has 0 saturated carbocycles.